The number of ether oxygens (including phenoxy) is 2. The molecule has 1 aliphatic rings. The Labute approximate surface area is 149 Å². The van der Waals surface area contributed by atoms with Crippen molar-refractivity contribution >= 4 is 8.32 Å². The molecule has 1 aromatic carbocycles. The van der Waals surface area contributed by atoms with Crippen LogP contribution in [0.15, 0.2) is 23.3 Å². The number of hydrogen-bond donors (Lipinski definition) is 1. The number of nitrogens with zero attached hydrogens (tertiary/aromatic N) is 3. The maximum atomic E-state index is 9.74. The lowest BCUT2D eigenvalue weighted by Gasteiger charge is -2.40. The van der Waals surface area contributed by atoms with Crippen molar-refractivity contribution in [3.8, 4) is 11.5 Å². The van der Waals surface area contributed by atoms with Crippen molar-refractivity contribution in [2.45, 2.75) is 51.0 Å². The predicted octanol–water partition coefficient (Wildman–Crippen LogP) is 4.19. The molecule has 7 nitrogen and oxygen atoms in total. The van der Waals surface area contributed by atoms with Crippen molar-refractivity contribution < 1.29 is 19.0 Å². The first-order valence-corrected chi connectivity index (χ1v) is 11.3. The van der Waals surface area contributed by atoms with E-state index in [-0.39, 0.29) is 11.6 Å². The molecule has 0 saturated heterocycles. The van der Waals surface area contributed by atoms with E-state index in [0.29, 0.717) is 24.7 Å². The highest BCUT2D eigenvalue weighted by Gasteiger charge is 2.41. The molecule has 0 bridgehead atoms. The third-order valence-electron chi connectivity index (χ3n) is 4.86. The summed E-state index contributed by atoms with van der Waals surface area (Å²) in [7, 11) is -2.16. The van der Waals surface area contributed by atoms with Crippen LogP contribution in [-0.4, -0.2) is 39.3 Å². The van der Waals surface area contributed by atoms with E-state index < -0.39 is 20.5 Å². The van der Waals surface area contributed by atoms with Crippen LogP contribution in [0.1, 0.15) is 32.4 Å². The van der Waals surface area contributed by atoms with Crippen LogP contribution in [0.2, 0.25) is 18.1 Å². The van der Waals surface area contributed by atoms with Gasteiger partial charge in [-0.15, -0.1) is 0 Å². The SMILES string of the molecule is CC(C)(C)[Si](C)(C)O[C@H](c1ccc2c(c1)OCCO2)[C@@H](CO)N=[N+]=[N-]. The Balaban J connectivity index is 2.42. The van der Waals surface area contributed by atoms with Crippen LogP contribution in [0.3, 0.4) is 0 Å². The van der Waals surface area contributed by atoms with Gasteiger partial charge in [0, 0.05) is 4.91 Å². The summed E-state index contributed by atoms with van der Waals surface area (Å²) in [6.45, 7) is 11.4. The second-order valence-electron chi connectivity index (χ2n) is 7.66. The van der Waals surface area contributed by atoms with Gasteiger partial charge in [-0.05, 0) is 41.4 Å². The fourth-order valence-electron chi connectivity index (χ4n) is 2.36. The molecule has 0 amide bonds. The van der Waals surface area contributed by atoms with Crippen LogP contribution < -0.4 is 9.47 Å². The van der Waals surface area contributed by atoms with Gasteiger partial charge in [-0.2, -0.15) is 0 Å². The van der Waals surface area contributed by atoms with Gasteiger partial charge in [-0.1, -0.05) is 32.0 Å². The molecule has 0 fully saturated rings. The van der Waals surface area contributed by atoms with Crippen molar-refractivity contribution in [2.75, 3.05) is 19.8 Å². The van der Waals surface area contributed by atoms with Crippen LogP contribution in [0.4, 0.5) is 0 Å². The zero-order chi connectivity index (χ0) is 18.7. The molecule has 0 aliphatic carbocycles. The first-order valence-electron chi connectivity index (χ1n) is 8.42. The van der Waals surface area contributed by atoms with Gasteiger partial charge >= 0.3 is 0 Å². The number of aliphatic hydroxyl groups excluding tert-OH is 1. The summed E-state index contributed by atoms with van der Waals surface area (Å²) >= 11 is 0. The van der Waals surface area contributed by atoms with E-state index in [2.05, 4.69) is 43.9 Å². The Hall–Kier alpha value is -1.73. The highest BCUT2D eigenvalue weighted by molar-refractivity contribution is 6.74. The minimum absolute atomic E-state index is 0.0184. The molecular weight excluding hydrogens is 338 g/mol. The first kappa shape index (κ1) is 19.6. The van der Waals surface area contributed by atoms with Crippen molar-refractivity contribution in [1.82, 2.24) is 0 Å². The van der Waals surface area contributed by atoms with Gasteiger partial charge in [0.25, 0.3) is 0 Å². The summed E-state index contributed by atoms with van der Waals surface area (Å²) < 4.78 is 17.7. The van der Waals surface area contributed by atoms with E-state index >= 15 is 0 Å². The number of azide groups is 1. The van der Waals surface area contributed by atoms with Gasteiger partial charge in [0.05, 0.1) is 18.8 Å². The molecular formula is C17H27N3O4Si. The van der Waals surface area contributed by atoms with Crippen molar-refractivity contribution in [2.24, 2.45) is 5.11 Å². The number of rotatable bonds is 6. The molecule has 0 spiro atoms. The Kier molecular flexibility index (Phi) is 6.00. The van der Waals surface area contributed by atoms with Crippen molar-refractivity contribution in [3.63, 3.8) is 0 Å². The smallest absolute Gasteiger partial charge is 0.192 e. The number of fused-ring (bicyclic) bond motifs is 1. The van der Waals surface area contributed by atoms with Crippen LogP contribution in [-0.2, 0) is 4.43 Å². The van der Waals surface area contributed by atoms with Crippen LogP contribution in [0, 0.1) is 0 Å². The van der Waals surface area contributed by atoms with E-state index in [1.54, 1.807) is 0 Å². The third-order valence-corrected chi connectivity index (χ3v) is 9.31. The molecule has 1 aliphatic heterocycles. The van der Waals surface area contributed by atoms with Gasteiger partial charge in [0.15, 0.2) is 19.8 Å². The molecule has 0 saturated carbocycles. The van der Waals surface area contributed by atoms with E-state index in [1.807, 2.05) is 18.2 Å². The van der Waals surface area contributed by atoms with Crippen LogP contribution in [0.5, 0.6) is 11.5 Å². The maximum absolute atomic E-state index is 9.74. The highest BCUT2D eigenvalue weighted by atomic mass is 28.4. The van der Waals surface area contributed by atoms with E-state index in [0.717, 1.165) is 5.56 Å². The summed E-state index contributed by atoms with van der Waals surface area (Å²) in [6.07, 6.45) is -0.544. The fourth-order valence-corrected chi connectivity index (χ4v) is 3.64. The Bertz CT molecular complexity index is 654. The van der Waals surface area contributed by atoms with Gasteiger partial charge < -0.3 is 19.0 Å². The monoisotopic (exact) mass is 365 g/mol. The number of benzene rings is 1. The zero-order valence-corrected chi connectivity index (χ0v) is 16.5. The normalized spacial score (nSPS) is 16.7. The topological polar surface area (TPSA) is 96.7 Å². The third kappa shape index (κ3) is 4.46. The average Bonchev–Trinajstić information content (AvgIpc) is 2.56. The minimum Gasteiger partial charge on any atom is -0.486 e. The molecule has 138 valence electrons. The van der Waals surface area contributed by atoms with E-state index in [9.17, 15) is 5.11 Å². The summed E-state index contributed by atoms with van der Waals surface area (Å²) in [5.74, 6) is 1.33. The summed E-state index contributed by atoms with van der Waals surface area (Å²) in [5, 5.41) is 13.5. The second-order valence-corrected chi connectivity index (χ2v) is 12.4. The number of hydrogen-bond acceptors (Lipinski definition) is 5. The molecule has 2 rings (SSSR count). The quantitative estimate of drug-likeness (QED) is 0.354. The van der Waals surface area contributed by atoms with Gasteiger partial charge in [-0.25, -0.2) is 0 Å². The Morgan fingerprint density at radius 1 is 1.28 bits per heavy atom. The lowest BCUT2D eigenvalue weighted by atomic mass is 10.0. The Morgan fingerprint density at radius 2 is 1.92 bits per heavy atom. The lowest BCUT2D eigenvalue weighted by Crippen LogP contribution is -2.44. The van der Waals surface area contributed by atoms with Crippen LogP contribution >= 0.6 is 0 Å². The standard InChI is InChI=1S/C17H27N3O4Si/c1-17(2,3)25(4,5)24-16(13(11-21)19-20-18)12-6-7-14-15(10-12)23-9-8-22-14/h6-7,10,13,16,21H,8-9,11H2,1-5H3/t13-,16-/m1/s1. The molecule has 2 atom stereocenters. The first-order chi connectivity index (χ1) is 11.7. The molecule has 0 radical (unpaired) electrons. The van der Waals surface area contributed by atoms with E-state index in [1.165, 1.54) is 0 Å². The maximum Gasteiger partial charge on any atom is 0.192 e. The molecule has 1 heterocycles. The Morgan fingerprint density at radius 3 is 2.48 bits per heavy atom. The molecule has 1 aromatic rings. The predicted molar refractivity (Wildman–Crippen MR) is 98.5 cm³/mol. The molecule has 25 heavy (non-hydrogen) atoms. The summed E-state index contributed by atoms with van der Waals surface area (Å²) in [5.41, 5.74) is 9.68. The summed E-state index contributed by atoms with van der Waals surface area (Å²) in [4.78, 5) is 2.88. The molecule has 8 heteroatoms. The lowest BCUT2D eigenvalue weighted by molar-refractivity contribution is 0.115. The van der Waals surface area contributed by atoms with Crippen LogP contribution in [0.25, 0.3) is 10.4 Å². The average molecular weight is 366 g/mol. The largest absolute Gasteiger partial charge is 0.486 e. The van der Waals surface area contributed by atoms with Crippen molar-refractivity contribution in [3.05, 3.63) is 34.2 Å². The number of aliphatic hydroxyl groups is 1. The molecule has 0 unspecified atom stereocenters. The van der Waals surface area contributed by atoms with Gasteiger partial charge in [0.2, 0.25) is 0 Å². The highest BCUT2D eigenvalue weighted by Crippen LogP contribution is 2.42. The summed E-state index contributed by atoms with van der Waals surface area (Å²) in [6, 6.07) is 4.85. The zero-order valence-electron chi connectivity index (χ0n) is 15.5. The minimum atomic E-state index is -2.16. The molecule has 0 aromatic heterocycles. The second kappa shape index (κ2) is 7.66. The van der Waals surface area contributed by atoms with Crippen molar-refractivity contribution in [1.29, 1.82) is 0 Å². The van der Waals surface area contributed by atoms with Gasteiger partial charge in [0.1, 0.15) is 13.2 Å². The van der Waals surface area contributed by atoms with Gasteiger partial charge in [-0.3, -0.25) is 0 Å². The van der Waals surface area contributed by atoms with E-state index in [4.69, 9.17) is 19.4 Å². The molecule has 1 N–H and O–H groups in total. The fraction of sp³-hybridized carbons (Fsp3) is 0.647.